The minimum absolute atomic E-state index is 0.257. The number of hydrogen-bond donors (Lipinski definition) is 2. The lowest BCUT2D eigenvalue weighted by Gasteiger charge is -2.25. The summed E-state index contributed by atoms with van der Waals surface area (Å²) in [6, 6.07) is 15.5. The molecule has 2 amide bonds. The van der Waals surface area contributed by atoms with E-state index in [1.54, 1.807) is 7.05 Å². The van der Waals surface area contributed by atoms with E-state index in [-0.39, 0.29) is 18.7 Å². The summed E-state index contributed by atoms with van der Waals surface area (Å²) in [6.07, 6.45) is -0.635. The highest BCUT2D eigenvalue weighted by atomic mass is 16.5. The second-order valence-electron chi connectivity index (χ2n) is 6.16. The zero-order valence-corrected chi connectivity index (χ0v) is 13.9. The van der Waals surface area contributed by atoms with Crippen LogP contribution in [0.15, 0.2) is 48.5 Å². The predicted octanol–water partition coefficient (Wildman–Crippen LogP) is 2.89. The van der Waals surface area contributed by atoms with Gasteiger partial charge in [0, 0.05) is 12.7 Å². The van der Waals surface area contributed by atoms with Gasteiger partial charge in [-0.05, 0) is 30.2 Å². The Morgan fingerprint density at radius 3 is 2.21 bits per heavy atom. The van der Waals surface area contributed by atoms with Gasteiger partial charge in [-0.1, -0.05) is 42.0 Å². The predicted molar refractivity (Wildman–Crippen MR) is 94.0 cm³/mol. The quantitative estimate of drug-likeness (QED) is 0.912. The van der Waals surface area contributed by atoms with Gasteiger partial charge in [-0.15, -0.1) is 0 Å². The molecule has 5 nitrogen and oxygen atoms in total. The Bertz CT molecular complexity index is 698. The number of nitrogens with one attached hydrogen (secondary N) is 1. The van der Waals surface area contributed by atoms with Gasteiger partial charge < -0.3 is 20.1 Å². The van der Waals surface area contributed by atoms with Crippen LogP contribution in [0.2, 0.25) is 0 Å². The van der Waals surface area contributed by atoms with Crippen LogP contribution in [0, 0.1) is 6.92 Å². The highest BCUT2D eigenvalue weighted by molar-refractivity contribution is 5.89. The first-order chi connectivity index (χ1) is 11.5. The minimum atomic E-state index is -0.635. The van der Waals surface area contributed by atoms with E-state index in [1.807, 2.05) is 24.3 Å². The number of carbonyl (C=O) groups is 1. The fourth-order valence-corrected chi connectivity index (χ4v) is 2.76. The third kappa shape index (κ3) is 3.58. The second-order valence-corrected chi connectivity index (χ2v) is 6.16. The number of aryl methyl sites for hydroxylation is 1. The maximum absolute atomic E-state index is 12.3. The van der Waals surface area contributed by atoms with Crippen LogP contribution in [0.25, 0.3) is 11.1 Å². The number of aliphatic hydroxyl groups excluding tert-OH is 1. The summed E-state index contributed by atoms with van der Waals surface area (Å²) >= 11 is 0. The molecule has 0 unspecified atom stereocenters. The fraction of sp³-hybridized carbons (Fsp3) is 0.316. The molecule has 2 N–H and O–H groups in total. The molecule has 0 saturated carbocycles. The van der Waals surface area contributed by atoms with Crippen molar-refractivity contribution < 1.29 is 14.6 Å². The van der Waals surface area contributed by atoms with Gasteiger partial charge in [0.05, 0.1) is 25.4 Å². The topological polar surface area (TPSA) is 61.8 Å². The number of carbonyl (C=O) groups excluding carboxylic acids is 1. The Kier molecular flexibility index (Phi) is 4.83. The molecule has 1 aliphatic heterocycles. The molecule has 24 heavy (non-hydrogen) atoms. The van der Waals surface area contributed by atoms with E-state index in [0.717, 1.165) is 16.8 Å². The average Bonchev–Trinajstić information content (AvgIpc) is 3.01. The maximum atomic E-state index is 12.3. The van der Waals surface area contributed by atoms with Crippen LogP contribution >= 0.6 is 0 Å². The first-order valence-electron chi connectivity index (χ1n) is 8.01. The summed E-state index contributed by atoms with van der Waals surface area (Å²) in [7, 11) is 1.67. The Labute approximate surface area is 141 Å². The van der Waals surface area contributed by atoms with Gasteiger partial charge in [0.25, 0.3) is 0 Å². The van der Waals surface area contributed by atoms with E-state index in [2.05, 4.69) is 36.5 Å². The molecule has 1 aliphatic rings. The van der Waals surface area contributed by atoms with Gasteiger partial charge in [0.2, 0.25) is 0 Å². The van der Waals surface area contributed by atoms with Crippen LogP contribution in [0.1, 0.15) is 5.56 Å². The van der Waals surface area contributed by atoms with E-state index in [0.29, 0.717) is 6.61 Å². The molecule has 0 radical (unpaired) electrons. The van der Waals surface area contributed by atoms with E-state index in [4.69, 9.17) is 4.74 Å². The number of ether oxygens (including phenoxy) is 1. The molecule has 1 fully saturated rings. The Morgan fingerprint density at radius 1 is 1.08 bits per heavy atom. The molecule has 5 heteroatoms. The van der Waals surface area contributed by atoms with Crippen LogP contribution in [-0.4, -0.2) is 48.4 Å². The van der Waals surface area contributed by atoms with Crippen molar-refractivity contribution in [2.45, 2.75) is 19.1 Å². The molecule has 2 aromatic carbocycles. The summed E-state index contributed by atoms with van der Waals surface area (Å²) in [5.41, 5.74) is 4.18. The first-order valence-corrected chi connectivity index (χ1v) is 8.01. The maximum Gasteiger partial charge on any atom is 0.322 e. The van der Waals surface area contributed by atoms with Gasteiger partial charge in [0.1, 0.15) is 0 Å². The van der Waals surface area contributed by atoms with Gasteiger partial charge >= 0.3 is 6.03 Å². The van der Waals surface area contributed by atoms with Crippen molar-refractivity contribution in [2.75, 3.05) is 25.6 Å². The highest BCUT2D eigenvalue weighted by Crippen LogP contribution is 2.22. The smallest absolute Gasteiger partial charge is 0.322 e. The molecular formula is C19H22N2O3. The van der Waals surface area contributed by atoms with E-state index >= 15 is 0 Å². The van der Waals surface area contributed by atoms with Crippen molar-refractivity contribution >= 4 is 11.7 Å². The van der Waals surface area contributed by atoms with Crippen molar-refractivity contribution in [2.24, 2.45) is 0 Å². The number of nitrogens with zero attached hydrogens (tertiary/aromatic N) is 1. The lowest BCUT2D eigenvalue weighted by atomic mass is 10.0. The van der Waals surface area contributed by atoms with Crippen LogP contribution in [0.5, 0.6) is 0 Å². The number of likely N-dealkylation sites (N-methyl/N-ethyl adjacent to an activating group) is 1. The fourth-order valence-electron chi connectivity index (χ4n) is 2.76. The summed E-state index contributed by atoms with van der Waals surface area (Å²) in [5.74, 6) is 0. The molecule has 0 spiro atoms. The van der Waals surface area contributed by atoms with Gasteiger partial charge in [-0.25, -0.2) is 4.79 Å². The van der Waals surface area contributed by atoms with Crippen molar-refractivity contribution in [1.29, 1.82) is 0 Å². The van der Waals surface area contributed by atoms with Gasteiger partial charge in [-0.3, -0.25) is 0 Å². The van der Waals surface area contributed by atoms with E-state index in [1.165, 1.54) is 10.5 Å². The number of benzene rings is 2. The lowest BCUT2D eigenvalue weighted by Crippen LogP contribution is -2.45. The van der Waals surface area contributed by atoms with Crippen LogP contribution in [-0.2, 0) is 4.74 Å². The van der Waals surface area contributed by atoms with E-state index < -0.39 is 6.10 Å². The standard InChI is InChI=1S/C19H22N2O3/c1-13-3-5-14(6-4-13)15-7-9-16(10-8-15)20-19(23)21(2)17-11-24-12-18(17)22/h3-10,17-18,22H,11-12H2,1-2H3,(H,20,23)/t17-,18-/m1/s1. The molecule has 1 heterocycles. The third-order valence-electron chi connectivity index (χ3n) is 4.36. The lowest BCUT2D eigenvalue weighted by molar-refractivity contribution is 0.106. The number of urea groups is 1. The highest BCUT2D eigenvalue weighted by Gasteiger charge is 2.32. The summed E-state index contributed by atoms with van der Waals surface area (Å²) in [4.78, 5) is 13.8. The normalized spacial score (nSPS) is 20.0. The molecule has 2 aromatic rings. The molecular weight excluding hydrogens is 304 g/mol. The Morgan fingerprint density at radius 2 is 1.67 bits per heavy atom. The summed E-state index contributed by atoms with van der Waals surface area (Å²) < 4.78 is 5.19. The third-order valence-corrected chi connectivity index (χ3v) is 4.36. The van der Waals surface area contributed by atoms with Gasteiger partial charge in [-0.2, -0.15) is 0 Å². The molecule has 0 aromatic heterocycles. The first kappa shape index (κ1) is 16.5. The Balaban J connectivity index is 1.65. The van der Waals surface area contributed by atoms with Crippen LogP contribution in [0.3, 0.4) is 0 Å². The minimum Gasteiger partial charge on any atom is -0.388 e. The largest absolute Gasteiger partial charge is 0.388 e. The molecule has 0 bridgehead atoms. The molecule has 126 valence electrons. The second kappa shape index (κ2) is 7.03. The monoisotopic (exact) mass is 326 g/mol. The van der Waals surface area contributed by atoms with Crippen molar-refractivity contribution in [1.82, 2.24) is 4.90 Å². The number of rotatable bonds is 3. The molecule has 3 rings (SSSR count). The molecule has 2 atom stereocenters. The summed E-state index contributed by atoms with van der Waals surface area (Å²) in [6.45, 7) is 2.69. The van der Waals surface area contributed by atoms with Gasteiger partial charge in [0.15, 0.2) is 0 Å². The van der Waals surface area contributed by atoms with Crippen molar-refractivity contribution in [3.63, 3.8) is 0 Å². The van der Waals surface area contributed by atoms with Crippen molar-refractivity contribution in [3.8, 4) is 11.1 Å². The average molecular weight is 326 g/mol. The number of anilines is 1. The van der Waals surface area contributed by atoms with E-state index in [9.17, 15) is 9.90 Å². The van der Waals surface area contributed by atoms with Crippen molar-refractivity contribution in [3.05, 3.63) is 54.1 Å². The zero-order chi connectivity index (χ0) is 17.1. The number of hydrogen-bond acceptors (Lipinski definition) is 3. The summed E-state index contributed by atoms with van der Waals surface area (Å²) in [5, 5.41) is 12.7. The van der Waals surface area contributed by atoms with Crippen LogP contribution in [0.4, 0.5) is 10.5 Å². The number of amides is 2. The molecule has 1 saturated heterocycles. The SMILES string of the molecule is Cc1ccc(-c2ccc(NC(=O)N(C)[C@@H]3COC[C@H]3O)cc2)cc1. The molecule has 0 aliphatic carbocycles. The van der Waals surface area contributed by atoms with Crippen LogP contribution < -0.4 is 5.32 Å². The Hall–Kier alpha value is -2.37. The zero-order valence-electron chi connectivity index (χ0n) is 13.9. The number of aliphatic hydroxyl groups is 1.